The minimum Gasteiger partial charge on any atom is -0.490 e. The van der Waals surface area contributed by atoms with E-state index >= 15 is 0 Å². The van der Waals surface area contributed by atoms with Crippen LogP contribution in [0, 0.1) is 29.6 Å². The molecule has 2 N–H and O–H groups in total. The summed E-state index contributed by atoms with van der Waals surface area (Å²) in [6.45, 7) is 6.29. The van der Waals surface area contributed by atoms with Crippen LogP contribution < -0.4 is 10.1 Å². The predicted octanol–water partition coefficient (Wildman–Crippen LogP) is 6.97. The van der Waals surface area contributed by atoms with Crippen molar-refractivity contribution >= 4 is 16.8 Å². The molecule has 1 saturated heterocycles. The van der Waals surface area contributed by atoms with Crippen molar-refractivity contribution in [1.29, 1.82) is 0 Å². The van der Waals surface area contributed by atoms with Gasteiger partial charge in [-0.2, -0.15) is 5.10 Å². The van der Waals surface area contributed by atoms with Crippen LogP contribution in [0.2, 0.25) is 0 Å². The smallest absolute Gasteiger partial charge is 0.251 e. The van der Waals surface area contributed by atoms with Crippen molar-refractivity contribution in [2.75, 3.05) is 13.2 Å². The number of aromatic nitrogens is 3. The molecule has 3 aliphatic rings. The second kappa shape index (κ2) is 11.5. The lowest BCUT2D eigenvalue weighted by Crippen LogP contribution is -2.38. The Kier molecular flexibility index (Phi) is 7.45. The number of fused-ring (bicyclic) bond motifs is 3. The van der Waals surface area contributed by atoms with Gasteiger partial charge in [0, 0.05) is 28.6 Å². The van der Waals surface area contributed by atoms with E-state index < -0.39 is 0 Å². The molecule has 3 heterocycles. The Morgan fingerprint density at radius 1 is 1.05 bits per heavy atom. The minimum atomic E-state index is -0.193. The Morgan fingerprint density at radius 3 is 2.52 bits per heavy atom. The first-order chi connectivity index (χ1) is 20.5. The largest absolute Gasteiger partial charge is 0.490 e. The van der Waals surface area contributed by atoms with Crippen molar-refractivity contribution in [3.8, 4) is 17.0 Å². The Morgan fingerprint density at radius 2 is 1.83 bits per heavy atom. The molecule has 1 amide bonds. The van der Waals surface area contributed by atoms with Crippen LogP contribution in [0.5, 0.6) is 5.75 Å². The molecule has 7 rings (SSSR count). The number of nitrogens with zero attached hydrogens (tertiary/aromatic N) is 2. The number of hydrogen-bond acceptors (Lipinski definition) is 5. The van der Waals surface area contributed by atoms with Crippen LogP contribution in [0.1, 0.15) is 68.0 Å². The molecular weight excluding hydrogens is 524 g/mol. The third-order valence-corrected chi connectivity index (χ3v) is 10.1. The predicted molar refractivity (Wildman–Crippen MR) is 163 cm³/mol. The maximum Gasteiger partial charge on any atom is 0.251 e. The van der Waals surface area contributed by atoms with Crippen molar-refractivity contribution in [2.45, 2.75) is 58.1 Å². The molecule has 2 aromatic carbocycles. The second-order valence-corrected chi connectivity index (χ2v) is 12.8. The summed E-state index contributed by atoms with van der Waals surface area (Å²) >= 11 is 0. The van der Waals surface area contributed by atoms with E-state index in [0.29, 0.717) is 11.7 Å². The Bertz CT molecular complexity index is 1520. The zero-order valence-corrected chi connectivity index (χ0v) is 24.5. The maximum absolute atomic E-state index is 13.1. The third-order valence-electron chi connectivity index (χ3n) is 10.1. The molecule has 7 heteroatoms. The van der Waals surface area contributed by atoms with Gasteiger partial charge < -0.3 is 14.8 Å². The lowest BCUT2D eigenvalue weighted by Gasteiger charge is -2.39. The van der Waals surface area contributed by atoms with Gasteiger partial charge in [-0.15, -0.1) is 0 Å². The summed E-state index contributed by atoms with van der Waals surface area (Å²) < 4.78 is 12.0. The van der Waals surface area contributed by atoms with Gasteiger partial charge in [-0.05, 0) is 117 Å². The molecule has 218 valence electrons. The van der Waals surface area contributed by atoms with Crippen molar-refractivity contribution in [1.82, 2.24) is 20.5 Å². The van der Waals surface area contributed by atoms with E-state index in [2.05, 4.69) is 51.7 Å². The van der Waals surface area contributed by atoms with Gasteiger partial charge in [-0.25, -0.2) is 0 Å². The number of ether oxygens (including phenoxy) is 2. The molecule has 2 bridgehead atoms. The number of pyridine rings is 1. The van der Waals surface area contributed by atoms with Crippen molar-refractivity contribution < 1.29 is 14.3 Å². The van der Waals surface area contributed by atoms with Crippen LogP contribution in [0.15, 0.2) is 66.9 Å². The van der Waals surface area contributed by atoms with Crippen molar-refractivity contribution in [2.24, 2.45) is 29.6 Å². The van der Waals surface area contributed by atoms with E-state index in [1.807, 2.05) is 43.3 Å². The fraction of sp³-hybridized carbons (Fsp3) is 0.457. The first kappa shape index (κ1) is 27.1. The molecule has 42 heavy (non-hydrogen) atoms. The molecule has 2 saturated carbocycles. The number of nitrogens with one attached hydrogen (secondary N) is 2. The molecule has 4 aromatic rings. The van der Waals surface area contributed by atoms with E-state index in [9.17, 15) is 4.79 Å². The highest BCUT2D eigenvalue weighted by Gasteiger charge is 2.44. The number of rotatable bonds is 9. The van der Waals surface area contributed by atoms with Gasteiger partial charge in [0.05, 0.1) is 42.3 Å². The summed E-state index contributed by atoms with van der Waals surface area (Å²) in [4.78, 5) is 17.4. The van der Waals surface area contributed by atoms with Crippen LogP contribution in [0.4, 0.5) is 0 Å². The Hall–Kier alpha value is -3.71. The molecule has 0 radical (unpaired) electrons. The number of benzene rings is 2. The normalized spacial score (nSPS) is 25.1. The maximum atomic E-state index is 13.1. The lowest BCUT2D eigenvalue weighted by molar-refractivity contribution is -0.0656. The molecule has 4 unspecified atom stereocenters. The zero-order valence-electron chi connectivity index (χ0n) is 24.5. The average molecular weight is 565 g/mol. The zero-order chi connectivity index (χ0) is 28.6. The highest BCUT2D eigenvalue weighted by Crippen LogP contribution is 2.51. The number of hydrogen-bond donors (Lipinski definition) is 2. The van der Waals surface area contributed by atoms with Crippen molar-refractivity contribution in [3.63, 3.8) is 0 Å². The number of H-pyrrole nitrogens is 1. The highest BCUT2D eigenvalue weighted by atomic mass is 16.5. The average Bonchev–Trinajstić information content (AvgIpc) is 3.49. The Balaban J connectivity index is 1.00. The number of carbonyl (C=O) groups excluding carboxylic acids is 1. The van der Waals surface area contributed by atoms with E-state index in [0.717, 1.165) is 76.4 Å². The van der Waals surface area contributed by atoms with Gasteiger partial charge in [0.25, 0.3) is 5.91 Å². The molecular formula is C35H40N4O3. The summed E-state index contributed by atoms with van der Waals surface area (Å²) in [5.41, 5.74) is 4.13. The van der Waals surface area contributed by atoms with Crippen LogP contribution in [0.25, 0.3) is 22.2 Å². The molecule has 0 spiro atoms. The van der Waals surface area contributed by atoms with Gasteiger partial charge >= 0.3 is 0 Å². The molecule has 2 aromatic heterocycles. The fourth-order valence-corrected chi connectivity index (χ4v) is 7.53. The molecule has 1 aliphatic heterocycles. The van der Waals surface area contributed by atoms with Crippen LogP contribution >= 0.6 is 0 Å². The highest BCUT2D eigenvalue weighted by molar-refractivity contribution is 6.01. The van der Waals surface area contributed by atoms with Gasteiger partial charge in [-0.3, -0.25) is 14.9 Å². The SMILES string of the molecule is CC(NC(=O)c1ccc2[nH]nc(-c3ccc(OC4CC5CCC(C4)C5CC(C)C4COC4)cc3)c2c1)c1ccccn1. The van der Waals surface area contributed by atoms with Crippen LogP contribution in [0.3, 0.4) is 0 Å². The van der Waals surface area contributed by atoms with Gasteiger partial charge in [0.2, 0.25) is 0 Å². The first-order valence-electron chi connectivity index (χ1n) is 15.6. The van der Waals surface area contributed by atoms with E-state index in [4.69, 9.17) is 9.47 Å². The fourth-order valence-electron chi connectivity index (χ4n) is 7.53. The summed E-state index contributed by atoms with van der Waals surface area (Å²) in [5, 5.41) is 11.7. The summed E-state index contributed by atoms with van der Waals surface area (Å²) in [6.07, 6.45) is 8.45. The van der Waals surface area contributed by atoms with E-state index in [1.165, 1.54) is 32.1 Å². The quantitative estimate of drug-likeness (QED) is 0.229. The summed E-state index contributed by atoms with van der Waals surface area (Å²) in [6, 6.07) is 19.4. The first-order valence-corrected chi connectivity index (χ1v) is 15.6. The molecule has 7 nitrogen and oxygen atoms in total. The number of amides is 1. The number of aromatic amines is 1. The van der Waals surface area contributed by atoms with Crippen molar-refractivity contribution in [3.05, 3.63) is 78.1 Å². The topological polar surface area (TPSA) is 89.1 Å². The minimum absolute atomic E-state index is 0.138. The second-order valence-electron chi connectivity index (χ2n) is 12.8. The Labute approximate surface area is 247 Å². The van der Waals surface area contributed by atoms with Crippen LogP contribution in [-0.4, -0.2) is 40.4 Å². The number of carbonyl (C=O) groups is 1. The molecule has 4 atom stereocenters. The molecule has 3 fully saturated rings. The summed E-state index contributed by atoms with van der Waals surface area (Å²) in [5.74, 6) is 4.78. The standard InChI is InChI=1S/C35H40N4O3/c1-21(27-19-41-20-27)15-30-24-6-7-25(30)17-29(16-24)42-28-11-8-23(9-12-28)34-31-18-26(10-13-33(31)38-39-34)35(40)37-22(2)32-5-3-4-14-36-32/h3-5,8-14,18,21-22,24-25,27,29-30H,6-7,15-17,19-20H2,1-2H3,(H,37,40)(H,38,39). The summed E-state index contributed by atoms with van der Waals surface area (Å²) in [7, 11) is 0. The van der Waals surface area contributed by atoms with Crippen LogP contribution in [-0.2, 0) is 4.74 Å². The lowest BCUT2D eigenvalue weighted by atomic mass is 9.71. The van der Waals surface area contributed by atoms with Gasteiger partial charge in [0.1, 0.15) is 5.75 Å². The third kappa shape index (κ3) is 5.42. The van der Waals surface area contributed by atoms with Gasteiger partial charge in [-0.1, -0.05) is 13.0 Å². The van der Waals surface area contributed by atoms with E-state index in [-0.39, 0.29) is 11.9 Å². The van der Waals surface area contributed by atoms with E-state index in [1.54, 1.807) is 6.20 Å². The van der Waals surface area contributed by atoms with Gasteiger partial charge in [0.15, 0.2) is 0 Å². The molecule has 2 aliphatic carbocycles. The monoisotopic (exact) mass is 564 g/mol.